The van der Waals surface area contributed by atoms with Crippen molar-refractivity contribution in [3.8, 4) is 0 Å². The Bertz CT molecular complexity index is 339. The fourth-order valence-electron chi connectivity index (χ4n) is 1.43. The summed E-state index contributed by atoms with van der Waals surface area (Å²) in [5.41, 5.74) is 0.145. The van der Waals surface area contributed by atoms with E-state index in [2.05, 4.69) is 41.5 Å². The van der Waals surface area contributed by atoms with Gasteiger partial charge in [0.1, 0.15) is 0 Å². The van der Waals surface area contributed by atoms with Crippen LogP contribution in [0.2, 0.25) is 0 Å². The van der Waals surface area contributed by atoms with Gasteiger partial charge in [-0.25, -0.2) is 0 Å². The summed E-state index contributed by atoms with van der Waals surface area (Å²) in [6.07, 6.45) is 3.83. The molecule has 0 bridgehead atoms. The maximum atomic E-state index is 10.0. The van der Waals surface area contributed by atoms with Crippen molar-refractivity contribution in [2.24, 2.45) is 0 Å². The van der Waals surface area contributed by atoms with Crippen molar-refractivity contribution in [3.63, 3.8) is 0 Å². The van der Waals surface area contributed by atoms with Gasteiger partial charge in [-0.15, -0.1) is 0 Å². The van der Waals surface area contributed by atoms with Gasteiger partial charge in [0.05, 0.1) is 0 Å². The average Bonchev–Trinajstić information content (AvgIpc) is 2.26. The molecule has 4 heteroatoms. The zero-order chi connectivity index (χ0) is 11.1. The van der Waals surface area contributed by atoms with E-state index in [1.165, 1.54) is 0 Å². The van der Waals surface area contributed by atoms with Gasteiger partial charge in [-0.3, -0.25) is 0 Å². The van der Waals surface area contributed by atoms with Crippen molar-refractivity contribution in [2.75, 3.05) is 0 Å². The van der Waals surface area contributed by atoms with E-state index in [4.69, 9.17) is 0 Å². The van der Waals surface area contributed by atoms with Crippen LogP contribution in [-0.2, 0) is 11.1 Å². The largest absolute Gasteiger partial charge is 1.00 e. The van der Waals surface area contributed by atoms with Gasteiger partial charge in [0, 0.05) is 5.62 Å². The molecule has 0 saturated carbocycles. The molecule has 0 spiro atoms. The molecule has 1 rings (SSSR count). The predicted octanol–water partition coefficient (Wildman–Crippen LogP) is -0.726. The molecule has 0 aliphatic heterocycles. The summed E-state index contributed by atoms with van der Waals surface area (Å²) in [5.74, 6) is 0. The number of hydrogen-bond acceptors (Lipinski definition) is 0. The molecule has 0 aliphatic rings. The minimum absolute atomic E-state index is 0. The molecule has 0 aromatic carbocycles. The second-order valence-electron chi connectivity index (χ2n) is 5.68. The number of nitrogens with zero attached hydrogens (tertiary/aromatic N) is 3. The van der Waals surface area contributed by atoms with Gasteiger partial charge in [0.15, 0.2) is 0 Å². The number of imidazole rings is 1. The standard InChI is InChI=1S/C11H20N3.Li/c1-10(2,3)13-7-8-14(9(13)12)11(4,5)6;/h7-8H,1-6H3;/q-1;+1. The second-order valence-corrected chi connectivity index (χ2v) is 5.68. The molecule has 15 heavy (non-hydrogen) atoms. The Hall–Kier alpha value is -0.393. The Kier molecular flexibility index (Phi) is 4.12. The van der Waals surface area contributed by atoms with Crippen molar-refractivity contribution in [2.45, 2.75) is 52.6 Å². The Labute approximate surface area is 104 Å². The van der Waals surface area contributed by atoms with Crippen LogP contribution < -0.4 is 24.5 Å². The van der Waals surface area contributed by atoms with Gasteiger partial charge in [0.2, 0.25) is 0 Å². The van der Waals surface area contributed by atoms with E-state index in [0.717, 1.165) is 0 Å². The first-order valence-corrected chi connectivity index (χ1v) is 4.97. The fourth-order valence-corrected chi connectivity index (χ4v) is 1.43. The zero-order valence-electron chi connectivity index (χ0n) is 11.0. The summed E-state index contributed by atoms with van der Waals surface area (Å²) in [7, 11) is 0. The second kappa shape index (κ2) is 4.23. The van der Waals surface area contributed by atoms with Gasteiger partial charge in [-0.1, -0.05) is 41.5 Å². The summed E-state index contributed by atoms with van der Waals surface area (Å²) < 4.78 is 3.75. The van der Waals surface area contributed by atoms with Crippen LogP contribution in [-0.4, -0.2) is 9.13 Å². The number of aromatic nitrogens is 2. The van der Waals surface area contributed by atoms with Crippen LogP contribution in [0.5, 0.6) is 0 Å². The van der Waals surface area contributed by atoms with Crippen molar-refractivity contribution >= 4 is 0 Å². The van der Waals surface area contributed by atoms with Crippen molar-refractivity contribution in [3.05, 3.63) is 23.4 Å². The van der Waals surface area contributed by atoms with Crippen LogP contribution in [0.4, 0.5) is 0 Å². The van der Waals surface area contributed by atoms with E-state index >= 15 is 0 Å². The van der Waals surface area contributed by atoms with E-state index in [-0.39, 0.29) is 29.9 Å². The minimum Gasteiger partial charge on any atom is -0.399 e. The van der Waals surface area contributed by atoms with Crippen LogP contribution in [0.25, 0.3) is 5.41 Å². The summed E-state index contributed by atoms with van der Waals surface area (Å²) in [4.78, 5) is 0. The third-order valence-electron chi connectivity index (χ3n) is 2.24. The molecule has 1 aromatic heterocycles. The fraction of sp³-hybridized carbons (Fsp3) is 0.727. The van der Waals surface area contributed by atoms with E-state index in [1.807, 2.05) is 21.5 Å². The molecule has 0 saturated heterocycles. The maximum Gasteiger partial charge on any atom is 1.00 e. The smallest absolute Gasteiger partial charge is 0.399 e. The molecule has 0 unspecified atom stereocenters. The molecule has 0 atom stereocenters. The predicted molar refractivity (Wildman–Crippen MR) is 58.9 cm³/mol. The van der Waals surface area contributed by atoms with Gasteiger partial charge in [-0.2, -0.15) is 0 Å². The summed E-state index contributed by atoms with van der Waals surface area (Å²) in [5, 5.41) is 10.0. The molecule has 0 radical (unpaired) electrons. The normalized spacial score (nSPS) is 12.4. The molecule has 80 valence electrons. The molecule has 0 fully saturated rings. The van der Waals surface area contributed by atoms with Crippen molar-refractivity contribution in [1.29, 1.82) is 0 Å². The van der Waals surface area contributed by atoms with Crippen molar-refractivity contribution < 1.29 is 18.9 Å². The minimum atomic E-state index is -0.0828. The SMILES string of the molecule is CC(C)(C)n1ccn(C(C)(C)C)c1=[N-].[Li+]. The van der Waals surface area contributed by atoms with E-state index in [1.54, 1.807) is 0 Å². The first-order valence-electron chi connectivity index (χ1n) is 4.97. The molecule has 0 N–H and O–H groups in total. The molecular weight excluding hydrogens is 181 g/mol. The van der Waals surface area contributed by atoms with Crippen LogP contribution in [0, 0.1) is 0 Å². The van der Waals surface area contributed by atoms with E-state index in [9.17, 15) is 5.41 Å². The average molecular weight is 201 g/mol. The third kappa shape index (κ3) is 3.03. The van der Waals surface area contributed by atoms with Gasteiger partial charge in [-0.05, 0) is 23.5 Å². The Balaban J connectivity index is 0.00000196. The quantitative estimate of drug-likeness (QED) is 0.496. The first-order chi connectivity index (χ1) is 6.14. The summed E-state index contributed by atoms with van der Waals surface area (Å²) in [6.45, 7) is 12.4. The van der Waals surface area contributed by atoms with Crippen molar-refractivity contribution in [1.82, 2.24) is 9.13 Å². The monoisotopic (exact) mass is 201 g/mol. The summed E-state index contributed by atoms with van der Waals surface area (Å²) in [6, 6.07) is 0. The number of rotatable bonds is 0. The Morgan fingerprint density at radius 3 is 1.27 bits per heavy atom. The Morgan fingerprint density at radius 2 is 1.13 bits per heavy atom. The maximum absolute atomic E-state index is 10.0. The molecule has 3 nitrogen and oxygen atoms in total. The third-order valence-corrected chi connectivity index (χ3v) is 2.24. The molecular formula is C11H20LiN3. The van der Waals surface area contributed by atoms with Crippen LogP contribution >= 0.6 is 0 Å². The summed E-state index contributed by atoms with van der Waals surface area (Å²) >= 11 is 0. The van der Waals surface area contributed by atoms with Gasteiger partial charge >= 0.3 is 18.9 Å². The van der Waals surface area contributed by atoms with E-state index < -0.39 is 0 Å². The zero-order valence-corrected chi connectivity index (χ0v) is 11.0. The van der Waals surface area contributed by atoms with Gasteiger partial charge < -0.3 is 14.5 Å². The topological polar surface area (TPSA) is 32.2 Å². The molecule has 1 aromatic rings. The first kappa shape index (κ1) is 14.6. The number of hydrogen-bond donors (Lipinski definition) is 0. The molecule has 0 aliphatic carbocycles. The van der Waals surface area contributed by atoms with Crippen LogP contribution in [0.15, 0.2) is 12.4 Å². The van der Waals surface area contributed by atoms with Crippen LogP contribution in [0.1, 0.15) is 41.5 Å². The van der Waals surface area contributed by atoms with Crippen LogP contribution in [0.3, 0.4) is 0 Å². The van der Waals surface area contributed by atoms with E-state index in [0.29, 0.717) is 5.62 Å². The molecule has 0 amide bonds. The Morgan fingerprint density at radius 1 is 0.867 bits per heavy atom. The van der Waals surface area contributed by atoms with Gasteiger partial charge in [0.25, 0.3) is 0 Å². The molecule has 1 heterocycles.